The minimum Gasteiger partial charge on any atom is -0.439 e. The molecule has 0 saturated carbocycles. The lowest BCUT2D eigenvalue weighted by atomic mass is 9.96. The summed E-state index contributed by atoms with van der Waals surface area (Å²) in [7, 11) is 0. The summed E-state index contributed by atoms with van der Waals surface area (Å²) in [5.74, 6) is 1.44. The Morgan fingerprint density at radius 2 is 2.04 bits per heavy atom. The molecule has 134 valence electrons. The van der Waals surface area contributed by atoms with Crippen LogP contribution in [-0.4, -0.2) is 33.9 Å². The van der Waals surface area contributed by atoms with Gasteiger partial charge in [0.05, 0.1) is 6.54 Å². The largest absolute Gasteiger partial charge is 0.439 e. The van der Waals surface area contributed by atoms with Gasteiger partial charge in [-0.1, -0.05) is 18.2 Å². The molecule has 1 saturated heterocycles. The molecule has 4 rings (SSSR count). The Morgan fingerprint density at radius 1 is 1.23 bits per heavy atom. The van der Waals surface area contributed by atoms with E-state index >= 15 is 0 Å². The fourth-order valence-corrected chi connectivity index (χ4v) is 3.30. The topological polar surface area (TPSA) is 71.3 Å². The SMILES string of the molecule is Cc1ccc(NC(=O)C2CCN(Cc3nc4ccccc4o3)CC2)nc1. The average Bonchev–Trinajstić information content (AvgIpc) is 3.06. The van der Waals surface area contributed by atoms with E-state index in [1.54, 1.807) is 6.20 Å². The molecule has 2 aromatic heterocycles. The van der Waals surface area contributed by atoms with Gasteiger partial charge in [0.1, 0.15) is 11.3 Å². The number of piperidine rings is 1. The molecule has 1 aliphatic heterocycles. The van der Waals surface area contributed by atoms with Crippen LogP contribution in [0.25, 0.3) is 11.1 Å². The first kappa shape index (κ1) is 16.7. The number of nitrogens with zero attached hydrogens (tertiary/aromatic N) is 3. The zero-order valence-corrected chi connectivity index (χ0v) is 14.8. The quantitative estimate of drug-likeness (QED) is 0.781. The van der Waals surface area contributed by atoms with E-state index in [2.05, 4.69) is 20.2 Å². The van der Waals surface area contributed by atoms with Crippen molar-refractivity contribution in [3.8, 4) is 0 Å². The van der Waals surface area contributed by atoms with E-state index in [1.165, 1.54) is 0 Å². The third-order valence-electron chi connectivity index (χ3n) is 4.82. The van der Waals surface area contributed by atoms with Crippen molar-refractivity contribution in [3.05, 3.63) is 54.0 Å². The summed E-state index contributed by atoms with van der Waals surface area (Å²) in [5.41, 5.74) is 2.79. The van der Waals surface area contributed by atoms with Crippen molar-refractivity contribution >= 4 is 22.8 Å². The fraction of sp³-hybridized carbons (Fsp3) is 0.350. The van der Waals surface area contributed by atoms with Gasteiger partial charge in [0.15, 0.2) is 5.58 Å². The number of carbonyl (C=O) groups is 1. The number of fused-ring (bicyclic) bond motifs is 1. The third-order valence-corrected chi connectivity index (χ3v) is 4.82. The number of aromatic nitrogens is 2. The highest BCUT2D eigenvalue weighted by atomic mass is 16.3. The van der Waals surface area contributed by atoms with Gasteiger partial charge in [-0.05, 0) is 56.6 Å². The highest BCUT2D eigenvalue weighted by Crippen LogP contribution is 2.22. The number of amides is 1. The van der Waals surface area contributed by atoms with E-state index in [0.29, 0.717) is 12.4 Å². The van der Waals surface area contributed by atoms with Crippen molar-refractivity contribution in [1.82, 2.24) is 14.9 Å². The molecule has 26 heavy (non-hydrogen) atoms. The maximum atomic E-state index is 12.4. The van der Waals surface area contributed by atoms with Crippen LogP contribution >= 0.6 is 0 Å². The molecule has 0 atom stereocenters. The van der Waals surface area contributed by atoms with Crippen molar-refractivity contribution in [1.29, 1.82) is 0 Å². The molecular formula is C20H22N4O2. The smallest absolute Gasteiger partial charge is 0.228 e. The van der Waals surface area contributed by atoms with Crippen LogP contribution in [0.1, 0.15) is 24.3 Å². The number of aryl methyl sites for hydroxylation is 1. The number of nitrogens with one attached hydrogen (secondary N) is 1. The first-order chi connectivity index (χ1) is 12.7. The summed E-state index contributed by atoms with van der Waals surface area (Å²) in [6.45, 7) is 4.38. The Morgan fingerprint density at radius 3 is 2.77 bits per heavy atom. The number of benzene rings is 1. The van der Waals surface area contributed by atoms with E-state index in [4.69, 9.17) is 4.42 Å². The van der Waals surface area contributed by atoms with E-state index < -0.39 is 0 Å². The van der Waals surface area contributed by atoms with Gasteiger partial charge < -0.3 is 9.73 Å². The van der Waals surface area contributed by atoms with Crippen LogP contribution < -0.4 is 5.32 Å². The number of pyridine rings is 1. The predicted octanol–water partition coefficient (Wildman–Crippen LogP) is 3.38. The minimum absolute atomic E-state index is 0.0259. The van der Waals surface area contributed by atoms with Gasteiger partial charge in [0.2, 0.25) is 11.8 Å². The zero-order chi connectivity index (χ0) is 17.9. The number of likely N-dealkylation sites (tertiary alicyclic amines) is 1. The molecule has 3 aromatic rings. The summed E-state index contributed by atoms with van der Waals surface area (Å²) < 4.78 is 5.79. The van der Waals surface area contributed by atoms with E-state index in [-0.39, 0.29) is 11.8 Å². The van der Waals surface area contributed by atoms with Gasteiger partial charge in [0, 0.05) is 12.1 Å². The van der Waals surface area contributed by atoms with Gasteiger partial charge in [-0.3, -0.25) is 9.69 Å². The molecule has 6 heteroatoms. The Bertz CT molecular complexity index is 863. The number of para-hydroxylation sites is 2. The molecule has 0 unspecified atom stereocenters. The highest BCUT2D eigenvalue weighted by Gasteiger charge is 2.26. The third kappa shape index (κ3) is 3.75. The van der Waals surface area contributed by atoms with Crippen LogP contribution in [0.15, 0.2) is 47.0 Å². The number of carbonyl (C=O) groups excluding carboxylic acids is 1. The first-order valence-corrected chi connectivity index (χ1v) is 8.98. The summed E-state index contributed by atoms with van der Waals surface area (Å²) in [4.78, 5) is 23.5. The van der Waals surface area contributed by atoms with Gasteiger partial charge >= 0.3 is 0 Å². The van der Waals surface area contributed by atoms with Crippen molar-refractivity contribution in [3.63, 3.8) is 0 Å². The summed E-state index contributed by atoms with van der Waals surface area (Å²) in [5, 5.41) is 2.92. The van der Waals surface area contributed by atoms with Gasteiger partial charge in [-0.25, -0.2) is 9.97 Å². The van der Waals surface area contributed by atoms with Gasteiger partial charge in [0.25, 0.3) is 0 Å². The monoisotopic (exact) mass is 350 g/mol. The number of rotatable bonds is 4. The molecule has 1 fully saturated rings. The lowest BCUT2D eigenvalue weighted by Crippen LogP contribution is -2.37. The fourth-order valence-electron chi connectivity index (χ4n) is 3.30. The molecule has 0 bridgehead atoms. The average molecular weight is 350 g/mol. The van der Waals surface area contributed by atoms with Crippen molar-refractivity contribution in [2.45, 2.75) is 26.3 Å². The second kappa shape index (κ2) is 7.25. The molecule has 1 amide bonds. The van der Waals surface area contributed by atoms with Crippen LogP contribution in [0.4, 0.5) is 5.82 Å². The summed E-state index contributed by atoms with van der Waals surface area (Å²) in [6, 6.07) is 11.6. The van der Waals surface area contributed by atoms with Crippen LogP contribution in [0, 0.1) is 12.8 Å². The van der Waals surface area contributed by atoms with E-state index in [1.807, 2.05) is 43.3 Å². The van der Waals surface area contributed by atoms with Crippen molar-refractivity contribution in [2.24, 2.45) is 5.92 Å². The Labute approximate surface area is 152 Å². The summed E-state index contributed by atoms with van der Waals surface area (Å²) in [6.07, 6.45) is 3.43. The number of hydrogen-bond donors (Lipinski definition) is 1. The maximum absolute atomic E-state index is 12.4. The predicted molar refractivity (Wildman–Crippen MR) is 99.6 cm³/mol. The molecule has 3 heterocycles. The summed E-state index contributed by atoms with van der Waals surface area (Å²) >= 11 is 0. The first-order valence-electron chi connectivity index (χ1n) is 8.98. The highest BCUT2D eigenvalue weighted by molar-refractivity contribution is 5.91. The Balaban J connectivity index is 1.30. The minimum atomic E-state index is 0.0259. The molecule has 0 radical (unpaired) electrons. The molecular weight excluding hydrogens is 328 g/mol. The van der Waals surface area contributed by atoms with Gasteiger partial charge in [-0.15, -0.1) is 0 Å². The molecule has 1 aliphatic rings. The van der Waals surface area contributed by atoms with E-state index in [9.17, 15) is 4.79 Å². The Hall–Kier alpha value is -2.73. The molecule has 1 aromatic carbocycles. The van der Waals surface area contributed by atoms with Gasteiger partial charge in [-0.2, -0.15) is 0 Å². The second-order valence-corrected chi connectivity index (χ2v) is 6.84. The standard InChI is InChI=1S/C20H22N4O2/c1-14-6-7-18(21-12-14)23-20(25)15-8-10-24(11-9-15)13-19-22-16-4-2-3-5-17(16)26-19/h2-7,12,15H,8-11,13H2,1H3,(H,21,23,25). The normalized spacial score (nSPS) is 16.0. The Kier molecular flexibility index (Phi) is 4.67. The number of hydrogen-bond acceptors (Lipinski definition) is 5. The van der Waals surface area contributed by atoms with Crippen molar-refractivity contribution in [2.75, 3.05) is 18.4 Å². The molecule has 0 spiro atoms. The number of oxazole rings is 1. The van der Waals surface area contributed by atoms with Crippen LogP contribution in [-0.2, 0) is 11.3 Å². The lowest BCUT2D eigenvalue weighted by Gasteiger charge is -2.30. The molecule has 6 nitrogen and oxygen atoms in total. The zero-order valence-electron chi connectivity index (χ0n) is 14.8. The van der Waals surface area contributed by atoms with Crippen LogP contribution in [0.3, 0.4) is 0 Å². The van der Waals surface area contributed by atoms with E-state index in [0.717, 1.165) is 48.5 Å². The lowest BCUT2D eigenvalue weighted by molar-refractivity contribution is -0.121. The van der Waals surface area contributed by atoms with Crippen LogP contribution in [0.5, 0.6) is 0 Å². The maximum Gasteiger partial charge on any atom is 0.228 e. The van der Waals surface area contributed by atoms with Crippen molar-refractivity contribution < 1.29 is 9.21 Å². The second-order valence-electron chi connectivity index (χ2n) is 6.84. The molecule has 1 N–H and O–H groups in total. The van der Waals surface area contributed by atoms with Crippen LogP contribution in [0.2, 0.25) is 0 Å². The number of anilines is 1. The molecule has 0 aliphatic carbocycles.